The van der Waals surface area contributed by atoms with Crippen LogP contribution in [-0.2, 0) is 83.0 Å². The van der Waals surface area contributed by atoms with Crippen LogP contribution in [0.3, 0.4) is 0 Å². The minimum absolute atomic E-state index is 0. The first-order valence-electron chi connectivity index (χ1n) is 33.7. The molecule has 0 atom stereocenters. The first-order valence-corrected chi connectivity index (χ1v) is 36.2. The molecule has 0 heterocycles. The first kappa shape index (κ1) is 79.5. The molecule has 4 aliphatic carbocycles. The Labute approximate surface area is 613 Å². The van der Waals surface area contributed by atoms with Crippen molar-refractivity contribution in [3.8, 4) is 22.3 Å². The van der Waals surface area contributed by atoms with Crippen molar-refractivity contribution in [2.45, 2.75) is 209 Å². The Morgan fingerprint density at radius 3 is 0.809 bits per heavy atom. The zero-order chi connectivity index (χ0) is 67.3. The van der Waals surface area contributed by atoms with E-state index in [-0.39, 0.29) is 46.5 Å². The summed E-state index contributed by atoms with van der Waals surface area (Å²) in [6.45, 7) is 45.1. The van der Waals surface area contributed by atoms with Crippen LogP contribution in [0.1, 0.15) is 264 Å². The predicted molar refractivity (Wildman–Crippen MR) is 394 cm³/mol. The molecule has 8 aromatic rings. The Hall–Kier alpha value is -5.19. The van der Waals surface area contributed by atoms with Crippen molar-refractivity contribution in [2.24, 2.45) is 0 Å². The van der Waals surface area contributed by atoms with Crippen LogP contribution in [0.4, 0.5) is 0 Å². The van der Waals surface area contributed by atoms with Crippen molar-refractivity contribution < 1.29 is 73.3 Å². The Balaban J connectivity index is 0.000000214. The van der Waals surface area contributed by atoms with Gasteiger partial charge in [-0.2, -0.15) is 59.7 Å². The van der Waals surface area contributed by atoms with E-state index in [1.165, 1.54) is 166 Å². The fourth-order valence-electron chi connectivity index (χ4n) is 11.2. The standard InChI is InChI=1S/2C21H25.2C19H22.2C5H5.2ClH.2Zr/c2*1-20(2,3)16-7-9-18-14(12-16)11-15-13-17(21(4,5)6)8-10-19(15)18;2*1-14(2)18-9-5-16(6-10-18)13-17-7-11-19(12-8-17)15(3)4;2*1-2-4-5-3-1;;;;/h2*7-10,12H,11H2,1-6H3;2*5-12,14-15H,1-4H3;2*1-3H,4H2;2*1H;;/q2*-1;;;2*-1;;;2*+2/p-2. The quantitative estimate of drug-likeness (QED) is 0.133. The Morgan fingerprint density at radius 2 is 0.606 bits per heavy atom. The number of allylic oxidation sites excluding steroid dienone is 8. The molecule has 488 valence electrons. The van der Waals surface area contributed by atoms with Gasteiger partial charge in [0.05, 0.1) is 0 Å². The van der Waals surface area contributed by atoms with Crippen molar-refractivity contribution in [3.63, 3.8) is 0 Å². The molecule has 0 aromatic heterocycles. The van der Waals surface area contributed by atoms with Gasteiger partial charge >= 0.3 is 276 Å². The molecule has 0 radical (unpaired) electrons. The van der Waals surface area contributed by atoms with Gasteiger partial charge in [0.1, 0.15) is 0 Å². The predicted octanol–water partition coefficient (Wildman–Crippen LogP) is 18.0. The SMILES string of the molecule is CC(C)(C)c1[c-]c2c(cc1)-c1ccc(C(C)(C)C)cc1C2.CC(C)(C)c1[c-]c2c(cc1)-c1ccc(C(C)(C)C)cc1C2.CC(C)c1ccc([C](=[Zr+2])c2ccc(C(C)C)cc2)cc1.CC(C)c1ccc([C](=[Zr+2])c2ccc(C(C)C)cc2)cc1.[C-]1=CC=CC1.[C-]1=CC=CC1.[Cl-].[Cl-]. The van der Waals surface area contributed by atoms with Crippen LogP contribution in [0.25, 0.3) is 22.3 Å². The number of halogens is 2. The van der Waals surface area contributed by atoms with Crippen LogP contribution in [0, 0.1) is 24.3 Å². The molecule has 0 bridgehead atoms. The van der Waals surface area contributed by atoms with E-state index in [2.05, 4.69) is 333 Å². The summed E-state index contributed by atoms with van der Waals surface area (Å²) in [6.07, 6.45) is 22.1. The van der Waals surface area contributed by atoms with Gasteiger partial charge < -0.3 is 24.8 Å². The third-order valence-corrected chi connectivity index (χ3v) is 20.4. The second-order valence-electron chi connectivity index (χ2n) is 30.5. The topological polar surface area (TPSA) is 0 Å². The smallest absolute Gasteiger partial charge is 0.109 e. The molecule has 0 nitrogen and oxygen atoms in total. The summed E-state index contributed by atoms with van der Waals surface area (Å²) in [6, 6.07) is 66.5. The normalized spacial score (nSPS) is 12.9. The van der Waals surface area contributed by atoms with Gasteiger partial charge in [0, 0.05) is 0 Å². The third kappa shape index (κ3) is 22.4. The van der Waals surface area contributed by atoms with Crippen LogP contribution in [0.15, 0.2) is 194 Å². The van der Waals surface area contributed by atoms with Crippen molar-refractivity contribution in [3.05, 3.63) is 307 Å². The van der Waals surface area contributed by atoms with E-state index in [0.717, 1.165) is 25.7 Å². The molecular weight excluding hydrogens is 1330 g/mol. The van der Waals surface area contributed by atoms with E-state index in [1.54, 1.807) is 0 Å². The van der Waals surface area contributed by atoms with Crippen molar-refractivity contribution in [1.82, 2.24) is 0 Å². The fraction of sp³-hybridized carbons (Fsp3) is 0.356. The molecule has 0 unspecified atom stereocenters. The second-order valence-corrected chi connectivity index (χ2v) is 32.9. The molecule has 4 aliphatic rings. The summed E-state index contributed by atoms with van der Waals surface area (Å²) in [4.78, 5) is 0. The summed E-state index contributed by atoms with van der Waals surface area (Å²) in [7, 11) is 0. The van der Waals surface area contributed by atoms with Gasteiger partial charge in [-0.15, -0.1) is 35.1 Å². The molecule has 94 heavy (non-hydrogen) atoms. The molecule has 0 spiro atoms. The molecule has 0 N–H and O–H groups in total. The van der Waals surface area contributed by atoms with E-state index in [1.807, 2.05) is 24.3 Å². The first-order chi connectivity index (χ1) is 43.3. The van der Waals surface area contributed by atoms with E-state index in [0.29, 0.717) is 23.7 Å². The number of fused-ring (bicyclic) bond motifs is 6. The van der Waals surface area contributed by atoms with Gasteiger partial charge in [0.2, 0.25) is 0 Å². The van der Waals surface area contributed by atoms with Gasteiger partial charge in [-0.05, 0) is 56.8 Å². The minimum Gasteiger partial charge on any atom is -1.00 e. The molecule has 0 saturated carbocycles. The number of hydrogen-bond donors (Lipinski definition) is 0. The summed E-state index contributed by atoms with van der Waals surface area (Å²) in [5.74, 6) is 2.40. The maximum absolute atomic E-state index is 3.67. The molecule has 0 aliphatic heterocycles. The Morgan fingerprint density at radius 1 is 0.340 bits per heavy atom. The summed E-state index contributed by atoms with van der Waals surface area (Å²) < 4.78 is 2.87. The number of rotatable bonds is 8. The van der Waals surface area contributed by atoms with E-state index in [4.69, 9.17) is 0 Å². The maximum atomic E-state index is 3.67. The van der Waals surface area contributed by atoms with Crippen LogP contribution >= 0.6 is 0 Å². The molecule has 12 rings (SSSR count). The molecule has 0 fully saturated rings. The summed E-state index contributed by atoms with van der Waals surface area (Å²) in [5, 5.41) is 0. The third-order valence-electron chi connectivity index (χ3n) is 17.6. The van der Waals surface area contributed by atoms with Crippen molar-refractivity contribution in [2.75, 3.05) is 0 Å². The summed E-state index contributed by atoms with van der Waals surface area (Å²) in [5.41, 5.74) is 28.5. The van der Waals surface area contributed by atoms with E-state index >= 15 is 0 Å². The van der Waals surface area contributed by atoms with Crippen LogP contribution in [0.2, 0.25) is 0 Å². The van der Waals surface area contributed by atoms with Gasteiger partial charge in [-0.25, -0.2) is 24.3 Å². The van der Waals surface area contributed by atoms with Gasteiger partial charge in [-0.3, -0.25) is 12.2 Å². The van der Waals surface area contributed by atoms with Gasteiger partial charge in [0.15, 0.2) is 0 Å². The Bertz CT molecular complexity index is 3380. The average Bonchev–Trinajstić information content (AvgIpc) is 1.62. The molecular formula is C90H104Cl2Zr2-2. The van der Waals surface area contributed by atoms with Crippen molar-refractivity contribution >= 4 is 6.41 Å². The Kier molecular flexibility index (Phi) is 29.9. The maximum Gasteiger partial charge on any atom is -0.109 e. The molecule has 0 saturated heterocycles. The average molecular weight is 1440 g/mol. The van der Waals surface area contributed by atoms with Crippen LogP contribution < -0.4 is 24.8 Å². The zero-order valence-electron chi connectivity index (χ0n) is 60.4. The number of benzene rings is 8. The van der Waals surface area contributed by atoms with Crippen LogP contribution in [0.5, 0.6) is 0 Å². The van der Waals surface area contributed by atoms with E-state index in [9.17, 15) is 0 Å². The largest absolute Gasteiger partial charge is 1.00 e. The molecule has 8 aromatic carbocycles. The zero-order valence-corrected chi connectivity index (χ0v) is 66.8. The second kappa shape index (κ2) is 35.4. The monoisotopic (exact) mass is 1430 g/mol. The van der Waals surface area contributed by atoms with Crippen LogP contribution in [-0.4, -0.2) is 6.41 Å². The van der Waals surface area contributed by atoms with Crippen molar-refractivity contribution in [1.29, 1.82) is 0 Å². The number of hydrogen-bond acceptors (Lipinski definition) is 0. The summed E-state index contributed by atoms with van der Waals surface area (Å²) >= 11 is 2.94. The molecule has 4 heteroatoms. The van der Waals surface area contributed by atoms with Gasteiger partial charge in [-0.1, -0.05) is 131 Å². The fourth-order valence-corrected chi connectivity index (χ4v) is 12.8. The minimum atomic E-state index is 0. The van der Waals surface area contributed by atoms with Gasteiger partial charge in [0.25, 0.3) is 0 Å². The van der Waals surface area contributed by atoms with E-state index < -0.39 is 0 Å². The molecule has 0 amide bonds.